The molecule has 0 amide bonds. The standard InChI is InChI=1S/C12H18N2O3S/c1-2-14-18(15,16)12-6-4-3-5-11(12)17-10-7-8-13-9-10/h3-6,10,13-14H,2,7-9H2,1H3. The van der Waals surface area contributed by atoms with Gasteiger partial charge in [-0.25, -0.2) is 13.1 Å². The van der Waals surface area contributed by atoms with E-state index >= 15 is 0 Å². The van der Waals surface area contributed by atoms with Crippen molar-refractivity contribution >= 4 is 10.0 Å². The number of hydrogen-bond acceptors (Lipinski definition) is 4. The van der Waals surface area contributed by atoms with Crippen molar-refractivity contribution in [2.75, 3.05) is 19.6 Å². The van der Waals surface area contributed by atoms with Crippen LogP contribution in [-0.4, -0.2) is 34.2 Å². The highest BCUT2D eigenvalue weighted by Gasteiger charge is 2.22. The van der Waals surface area contributed by atoms with Gasteiger partial charge in [0, 0.05) is 13.1 Å². The third kappa shape index (κ3) is 3.01. The van der Waals surface area contributed by atoms with Crippen LogP contribution in [-0.2, 0) is 10.0 Å². The van der Waals surface area contributed by atoms with Gasteiger partial charge < -0.3 is 10.1 Å². The summed E-state index contributed by atoms with van der Waals surface area (Å²) in [5.74, 6) is 0.423. The largest absolute Gasteiger partial charge is 0.488 e. The summed E-state index contributed by atoms with van der Waals surface area (Å²) in [5.41, 5.74) is 0. The fourth-order valence-corrected chi connectivity index (χ4v) is 3.12. The van der Waals surface area contributed by atoms with Gasteiger partial charge in [0.1, 0.15) is 16.7 Å². The lowest BCUT2D eigenvalue weighted by Crippen LogP contribution is -2.25. The molecule has 1 aromatic rings. The second-order valence-electron chi connectivity index (χ2n) is 4.18. The summed E-state index contributed by atoms with van der Waals surface area (Å²) in [6.07, 6.45) is 0.943. The third-order valence-electron chi connectivity index (χ3n) is 2.78. The predicted octanol–water partition coefficient (Wildman–Crippen LogP) is 0.725. The van der Waals surface area contributed by atoms with Crippen molar-refractivity contribution in [3.05, 3.63) is 24.3 Å². The summed E-state index contributed by atoms with van der Waals surface area (Å²) in [7, 11) is -3.48. The molecule has 0 radical (unpaired) electrons. The molecule has 2 rings (SSSR count). The van der Waals surface area contributed by atoms with Crippen molar-refractivity contribution in [2.45, 2.75) is 24.3 Å². The van der Waals surface area contributed by atoms with Crippen LogP contribution in [0.15, 0.2) is 29.2 Å². The zero-order chi connectivity index (χ0) is 13.0. The Morgan fingerprint density at radius 2 is 2.22 bits per heavy atom. The highest BCUT2D eigenvalue weighted by molar-refractivity contribution is 7.89. The lowest BCUT2D eigenvalue weighted by Gasteiger charge is -2.16. The maximum atomic E-state index is 12.0. The zero-order valence-electron chi connectivity index (χ0n) is 10.3. The van der Waals surface area contributed by atoms with Gasteiger partial charge in [-0.1, -0.05) is 19.1 Å². The Balaban J connectivity index is 2.24. The van der Waals surface area contributed by atoms with E-state index < -0.39 is 10.0 Å². The molecule has 1 aliphatic heterocycles. The van der Waals surface area contributed by atoms with E-state index in [1.54, 1.807) is 31.2 Å². The van der Waals surface area contributed by atoms with Gasteiger partial charge in [-0.2, -0.15) is 0 Å². The maximum Gasteiger partial charge on any atom is 0.244 e. The third-order valence-corrected chi connectivity index (χ3v) is 4.37. The highest BCUT2D eigenvalue weighted by atomic mass is 32.2. The number of nitrogens with one attached hydrogen (secondary N) is 2. The second-order valence-corrected chi connectivity index (χ2v) is 5.92. The van der Waals surface area contributed by atoms with Crippen molar-refractivity contribution < 1.29 is 13.2 Å². The lowest BCUT2D eigenvalue weighted by atomic mass is 10.3. The molecule has 1 atom stereocenters. The number of para-hydroxylation sites is 1. The fourth-order valence-electron chi connectivity index (χ4n) is 1.95. The van der Waals surface area contributed by atoms with Gasteiger partial charge in [0.15, 0.2) is 0 Å². The first-order valence-corrected chi connectivity index (χ1v) is 7.58. The van der Waals surface area contributed by atoms with E-state index in [0.717, 1.165) is 19.5 Å². The van der Waals surface area contributed by atoms with E-state index in [1.807, 2.05) is 0 Å². The van der Waals surface area contributed by atoms with E-state index in [1.165, 1.54) is 0 Å². The molecular weight excluding hydrogens is 252 g/mol. The Morgan fingerprint density at radius 3 is 2.89 bits per heavy atom. The molecule has 1 heterocycles. The van der Waals surface area contributed by atoms with Crippen LogP contribution in [0.4, 0.5) is 0 Å². The SMILES string of the molecule is CCNS(=O)(=O)c1ccccc1OC1CCNC1. The van der Waals surface area contributed by atoms with Gasteiger partial charge in [0.05, 0.1) is 0 Å². The average Bonchev–Trinajstić information content (AvgIpc) is 2.82. The molecule has 18 heavy (non-hydrogen) atoms. The summed E-state index contributed by atoms with van der Waals surface area (Å²) in [6.45, 7) is 3.78. The van der Waals surface area contributed by atoms with Crippen LogP contribution in [0.2, 0.25) is 0 Å². The highest BCUT2D eigenvalue weighted by Crippen LogP contribution is 2.25. The van der Waals surface area contributed by atoms with Crippen LogP contribution < -0.4 is 14.8 Å². The van der Waals surface area contributed by atoms with Crippen LogP contribution in [0.25, 0.3) is 0 Å². The molecule has 1 aliphatic rings. The molecule has 1 saturated heterocycles. The van der Waals surface area contributed by atoms with E-state index in [0.29, 0.717) is 12.3 Å². The first-order valence-electron chi connectivity index (χ1n) is 6.09. The van der Waals surface area contributed by atoms with Crippen LogP contribution in [0.1, 0.15) is 13.3 Å². The second kappa shape index (κ2) is 5.69. The molecule has 2 N–H and O–H groups in total. The average molecular weight is 270 g/mol. The van der Waals surface area contributed by atoms with Gasteiger partial charge in [-0.3, -0.25) is 0 Å². The minimum absolute atomic E-state index is 0.0444. The maximum absolute atomic E-state index is 12.0. The topological polar surface area (TPSA) is 67.4 Å². The van der Waals surface area contributed by atoms with Crippen molar-refractivity contribution in [3.8, 4) is 5.75 Å². The molecule has 1 unspecified atom stereocenters. The molecule has 1 fully saturated rings. The van der Waals surface area contributed by atoms with E-state index in [-0.39, 0.29) is 11.0 Å². The molecule has 1 aromatic carbocycles. The predicted molar refractivity (Wildman–Crippen MR) is 69.2 cm³/mol. The Hall–Kier alpha value is -1.11. The van der Waals surface area contributed by atoms with Crippen LogP contribution in [0.3, 0.4) is 0 Å². The van der Waals surface area contributed by atoms with Crippen molar-refractivity contribution in [1.29, 1.82) is 0 Å². The van der Waals surface area contributed by atoms with Crippen LogP contribution in [0, 0.1) is 0 Å². The minimum Gasteiger partial charge on any atom is -0.488 e. The van der Waals surface area contributed by atoms with E-state index in [2.05, 4.69) is 10.0 Å². The van der Waals surface area contributed by atoms with E-state index in [4.69, 9.17) is 4.74 Å². The molecule has 0 aliphatic carbocycles. The molecular formula is C12H18N2O3S. The normalized spacial score (nSPS) is 19.9. The van der Waals surface area contributed by atoms with E-state index in [9.17, 15) is 8.42 Å². The quantitative estimate of drug-likeness (QED) is 0.827. The number of sulfonamides is 1. The molecule has 0 saturated carbocycles. The van der Waals surface area contributed by atoms with Crippen molar-refractivity contribution in [2.24, 2.45) is 0 Å². The molecule has 6 heteroatoms. The lowest BCUT2D eigenvalue weighted by molar-refractivity contribution is 0.217. The zero-order valence-corrected chi connectivity index (χ0v) is 11.2. The number of hydrogen-bond donors (Lipinski definition) is 2. The van der Waals surface area contributed by atoms with Gasteiger partial charge in [-0.05, 0) is 25.1 Å². The smallest absolute Gasteiger partial charge is 0.244 e. The number of benzene rings is 1. The Kier molecular flexibility index (Phi) is 4.21. The number of rotatable bonds is 5. The van der Waals surface area contributed by atoms with Gasteiger partial charge in [0.2, 0.25) is 10.0 Å². The minimum atomic E-state index is -3.48. The number of ether oxygens (including phenoxy) is 1. The Morgan fingerprint density at radius 1 is 1.44 bits per heavy atom. The molecule has 0 aromatic heterocycles. The summed E-state index contributed by atoms with van der Waals surface area (Å²) in [6, 6.07) is 6.74. The molecule has 0 spiro atoms. The van der Waals surface area contributed by atoms with Gasteiger partial charge in [0.25, 0.3) is 0 Å². The summed E-state index contributed by atoms with van der Waals surface area (Å²) < 4.78 is 32.3. The van der Waals surface area contributed by atoms with Crippen LogP contribution >= 0.6 is 0 Å². The first kappa shape index (κ1) is 13.3. The summed E-state index contributed by atoms with van der Waals surface area (Å²) in [4.78, 5) is 0.207. The van der Waals surface area contributed by atoms with Gasteiger partial charge >= 0.3 is 0 Å². The molecule has 0 bridgehead atoms. The molecule has 5 nitrogen and oxygen atoms in total. The Labute approximate surface area is 108 Å². The summed E-state index contributed by atoms with van der Waals surface area (Å²) >= 11 is 0. The summed E-state index contributed by atoms with van der Waals surface area (Å²) in [5, 5.41) is 3.19. The van der Waals surface area contributed by atoms with Crippen LogP contribution in [0.5, 0.6) is 5.75 Å². The van der Waals surface area contributed by atoms with Gasteiger partial charge in [-0.15, -0.1) is 0 Å². The Bertz CT molecular complexity index is 496. The molecule has 100 valence electrons. The fraction of sp³-hybridized carbons (Fsp3) is 0.500. The van der Waals surface area contributed by atoms with Crippen molar-refractivity contribution in [1.82, 2.24) is 10.0 Å². The van der Waals surface area contributed by atoms with Crippen molar-refractivity contribution in [3.63, 3.8) is 0 Å². The monoisotopic (exact) mass is 270 g/mol. The first-order chi connectivity index (χ1) is 8.63.